The largest absolute Gasteiger partial charge is 0.508 e. The average Bonchev–Trinajstić information content (AvgIpc) is 2.05. The van der Waals surface area contributed by atoms with E-state index in [9.17, 15) is 4.79 Å². The van der Waals surface area contributed by atoms with Crippen LogP contribution in [0.4, 0.5) is 4.79 Å². The average molecular weight is 178 g/mol. The van der Waals surface area contributed by atoms with Crippen molar-refractivity contribution in [1.29, 1.82) is 0 Å². The lowest BCUT2D eigenvalue weighted by Gasteiger charge is -2.14. The number of hydrogen-bond acceptors (Lipinski definition) is 5. The summed E-state index contributed by atoms with van der Waals surface area (Å²) in [6, 6.07) is 0. The fourth-order valence-electron chi connectivity index (χ4n) is 0.672. The number of carbonyl (C=O) groups excluding carboxylic acids is 1. The summed E-state index contributed by atoms with van der Waals surface area (Å²) in [5.41, 5.74) is 0. The summed E-state index contributed by atoms with van der Waals surface area (Å²) in [6.07, 6.45) is -1.14. The van der Waals surface area contributed by atoms with Crippen LogP contribution < -0.4 is 0 Å². The van der Waals surface area contributed by atoms with Gasteiger partial charge in [0, 0.05) is 14.2 Å². The van der Waals surface area contributed by atoms with Crippen LogP contribution in [0.25, 0.3) is 0 Å². The van der Waals surface area contributed by atoms with E-state index in [1.807, 2.05) is 0 Å². The number of ether oxygens (including phenoxy) is 4. The summed E-state index contributed by atoms with van der Waals surface area (Å²) in [6.45, 7) is 0.589. The van der Waals surface area contributed by atoms with Gasteiger partial charge in [-0.2, -0.15) is 0 Å². The number of carbonyl (C=O) groups is 1. The Balaban J connectivity index is 3.68. The second-order valence-electron chi connectivity index (χ2n) is 2.10. The molecule has 12 heavy (non-hydrogen) atoms. The maximum atomic E-state index is 10.6. The molecule has 72 valence electrons. The van der Waals surface area contributed by atoms with E-state index >= 15 is 0 Å². The minimum absolute atomic E-state index is 0.295. The fourth-order valence-corrected chi connectivity index (χ4v) is 0.672. The Hall–Kier alpha value is -0.810. The van der Waals surface area contributed by atoms with Crippen molar-refractivity contribution in [2.45, 2.75) is 6.10 Å². The Bertz CT molecular complexity index is 119. The van der Waals surface area contributed by atoms with Crippen molar-refractivity contribution in [2.24, 2.45) is 0 Å². The SMILES string of the molecule is COCC(COC)OC(=O)OC. The second kappa shape index (κ2) is 6.87. The highest BCUT2D eigenvalue weighted by molar-refractivity contribution is 5.59. The monoisotopic (exact) mass is 178 g/mol. The molecule has 0 spiro atoms. The molecule has 0 aliphatic heterocycles. The van der Waals surface area contributed by atoms with E-state index in [4.69, 9.17) is 14.2 Å². The molecule has 5 heteroatoms. The lowest BCUT2D eigenvalue weighted by atomic mass is 10.4. The van der Waals surface area contributed by atoms with Gasteiger partial charge in [-0.3, -0.25) is 0 Å². The zero-order chi connectivity index (χ0) is 9.40. The molecule has 0 atom stereocenters. The molecule has 0 saturated heterocycles. The maximum Gasteiger partial charge on any atom is 0.508 e. The molecule has 0 rings (SSSR count). The first kappa shape index (κ1) is 11.2. The van der Waals surface area contributed by atoms with Crippen molar-refractivity contribution in [2.75, 3.05) is 34.5 Å². The highest BCUT2D eigenvalue weighted by Crippen LogP contribution is 1.95. The van der Waals surface area contributed by atoms with Gasteiger partial charge in [-0.05, 0) is 0 Å². The molecule has 0 radical (unpaired) electrons. The minimum atomic E-state index is -0.728. The van der Waals surface area contributed by atoms with Crippen molar-refractivity contribution in [3.05, 3.63) is 0 Å². The molecule has 0 fully saturated rings. The molecule has 0 aromatic heterocycles. The van der Waals surface area contributed by atoms with Crippen LogP contribution in [0.15, 0.2) is 0 Å². The van der Waals surface area contributed by atoms with Gasteiger partial charge in [-0.15, -0.1) is 0 Å². The van der Waals surface area contributed by atoms with Crippen LogP contribution in [-0.2, 0) is 18.9 Å². The fraction of sp³-hybridized carbons (Fsp3) is 0.857. The number of hydrogen-bond donors (Lipinski definition) is 0. The normalized spacial score (nSPS) is 10.0. The maximum absolute atomic E-state index is 10.6. The third-order valence-corrected chi connectivity index (χ3v) is 1.13. The molecular formula is C7H14O5. The van der Waals surface area contributed by atoms with Crippen molar-refractivity contribution in [1.82, 2.24) is 0 Å². The summed E-state index contributed by atoms with van der Waals surface area (Å²) in [5.74, 6) is 0. The Morgan fingerprint density at radius 1 is 1.17 bits per heavy atom. The van der Waals surface area contributed by atoms with Gasteiger partial charge in [0.15, 0.2) is 6.10 Å². The first-order valence-corrected chi connectivity index (χ1v) is 3.47. The summed E-state index contributed by atoms with van der Waals surface area (Å²) >= 11 is 0. The van der Waals surface area contributed by atoms with E-state index in [2.05, 4.69) is 4.74 Å². The summed E-state index contributed by atoms with van der Waals surface area (Å²) < 4.78 is 18.6. The molecule has 0 aliphatic rings. The van der Waals surface area contributed by atoms with Crippen molar-refractivity contribution >= 4 is 6.16 Å². The van der Waals surface area contributed by atoms with E-state index < -0.39 is 12.3 Å². The standard InChI is InChI=1S/C7H14O5/c1-9-4-6(5-10-2)12-7(8)11-3/h6H,4-5H2,1-3H3. The highest BCUT2D eigenvalue weighted by atomic mass is 16.7. The van der Waals surface area contributed by atoms with Crippen molar-refractivity contribution < 1.29 is 23.7 Å². The number of methoxy groups -OCH3 is 3. The van der Waals surface area contributed by atoms with E-state index in [1.165, 1.54) is 21.3 Å². The molecule has 5 nitrogen and oxygen atoms in total. The zero-order valence-corrected chi connectivity index (χ0v) is 7.53. The summed E-state index contributed by atoms with van der Waals surface area (Å²) in [7, 11) is 4.28. The molecular weight excluding hydrogens is 164 g/mol. The first-order valence-electron chi connectivity index (χ1n) is 3.47. The molecule has 0 aromatic rings. The van der Waals surface area contributed by atoms with Gasteiger partial charge < -0.3 is 18.9 Å². The molecule has 0 amide bonds. The summed E-state index contributed by atoms with van der Waals surface area (Å²) in [4.78, 5) is 10.6. The van der Waals surface area contributed by atoms with Crippen LogP contribution in [0.3, 0.4) is 0 Å². The smallest absolute Gasteiger partial charge is 0.438 e. The van der Waals surface area contributed by atoms with Gasteiger partial charge in [0.2, 0.25) is 0 Å². The predicted octanol–water partition coefficient (Wildman–Crippen LogP) is 0.431. The lowest BCUT2D eigenvalue weighted by molar-refractivity contribution is -0.0292. The van der Waals surface area contributed by atoms with Crippen molar-refractivity contribution in [3.8, 4) is 0 Å². The minimum Gasteiger partial charge on any atom is -0.438 e. The van der Waals surface area contributed by atoms with Crippen LogP contribution in [0, 0.1) is 0 Å². The van der Waals surface area contributed by atoms with Crippen LogP contribution >= 0.6 is 0 Å². The van der Waals surface area contributed by atoms with Gasteiger partial charge in [-0.25, -0.2) is 4.79 Å². The predicted molar refractivity (Wildman–Crippen MR) is 41.0 cm³/mol. The molecule has 0 aliphatic carbocycles. The van der Waals surface area contributed by atoms with Crippen LogP contribution in [0.1, 0.15) is 0 Å². The Morgan fingerprint density at radius 2 is 1.67 bits per heavy atom. The van der Waals surface area contributed by atoms with Crippen LogP contribution in [0.2, 0.25) is 0 Å². The summed E-state index contributed by atoms with van der Waals surface area (Å²) in [5, 5.41) is 0. The Morgan fingerprint density at radius 3 is 2.00 bits per heavy atom. The van der Waals surface area contributed by atoms with Gasteiger partial charge in [-0.1, -0.05) is 0 Å². The Labute approximate surface area is 71.5 Å². The molecule has 0 heterocycles. The molecule has 0 unspecified atom stereocenters. The van der Waals surface area contributed by atoms with Gasteiger partial charge in [0.1, 0.15) is 0 Å². The molecule has 0 bridgehead atoms. The number of rotatable bonds is 5. The lowest BCUT2D eigenvalue weighted by Crippen LogP contribution is -2.27. The quantitative estimate of drug-likeness (QED) is 0.571. The highest BCUT2D eigenvalue weighted by Gasteiger charge is 2.13. The van der Waals surface area contributed by atoms with E-state index in [-0.39, 0.29) is 0 Å². The van der Waals surface area contributed by atoms with E-state index in [0.29, 0.717) is 13.2 Å². The molecule has 0 aromatic carbocycles. The van der Waals surface area contributed by atoms with Gasteiger partial charge in [0.25, 0.3) is 0 Å². The molecule has 0 saturated carbocycles. The third kappa shape index (κ3) is 4.92. The second-order valence-corrected chi connectivity index (χ2v) is 2.10. The molecule has 0 N–H and O–H groups in total. The Kier molecular flexibility index (Phi) is 6.41. The van der Waals surface area contributed by atoms with E-state index in [1.54, 1.807) is 0 Å². The van der Waals surface area contributed by atoms with Crippen LogP contribution in [-0.4, -0.2) is 46.8 Å². The van der Waals surface area contributed by atoms with E-state index in [0.717, 1.165) is 0 Å². The topological polar surface area (TPSA) is 54.0 Å². The van der Waals surface area contributed by atoms with Gasteiger partial charge in [0.05, 0.1) is 20.3 Å². The first-order chi connectivity index (χ1) is 5.74. The van der Waals surface area contributed by atoms with Crippen LogP contribution in [0.5, 0.6) is 0 Å². The van der Waals surface area contributed by atoms with Crippen molar-refractivity contribution in [3.63, 3.8) is 0 Å². The zero-order valence-electron chi connectivity index (χ0n) is 7.53. The van der Waals surface area contributed by atoms with Gasteiger partial charge >= 0.3 is 6.16 Å². The third-order valence-electron chi connectivity index (χ3n) is 1.13.